The lowest BCUT2D eigenvalue weighted by Crippen LogP contribution is -2.32. The summed E-state index contributed by atoms with van der Waals surface area (Å²) in [5.41, 5.74) is 6.65. The van der Waals surface area contributed by atoms with Crippen LogP contribution in [0.3, 0.4) is 0 Å². The van der Waals surface area contributed by atoms with E-state index in [1.54, 1.807) is 0 Å². The minimum absolute atomic E-state index is 0.241. The number of fused-ring (bicyclic) bond motifs is 3. The molecule has 0 aliphatic carbocycles. The molecule has 3 heteroatoms. The van der Waals surface area contributed by atoms with Crippen molar-refractivity contribution in [3.8, 4) is 22.8 Å². The summed E-state index contributed by atoms with van der Waals surface area (Å²) in [6.45, 7) is 11.3. The SMILES string of the molecule is Cc1c2c(c(C)c3sccc13)-c1c3c(cc(CC(C)(C)C)cc3cc[n+]1C)O2. The quantitative estimate of drug-likeness (QED) is 0.286. The molecule has 2 aromatic heterocycles. The third-order valence-corrected chi connectivity index (χ3v) is 6.83. The third kappa shape index (κ3) is 2.49. The second-order valence-electron chi connectivity index (χ2n) is 9.29. The van der Waals surface area contributed by atoms with Crippen molar-refractivity contribution < 1.29 is 9.30 Å². The Morgan fingerprint density at radius 2 is 1.86 bits per heavy atom. The summed E-state index contributed by atoms with van der Waals surface area (Å²) in [4.78, 5) is 0. The van der Waals surface area contributed by atoms with Gasteiger partial charge in [-0.2, -0.15) is 0 Å². The molecule has 142 valence electrons. The summed E-state index contributed by atoms with van der Waals surface area (Å²) in [5, 5.41) is 5.99. The summed E-state index contributed by atoms with van der Waals surface area (Å²) < 4.78 is 10.3. The minimum Gasteiger partial charge on any atom is -0.455 e. The Kier molecular flexibility index (Phi) is 3.67. The van der Waals surface area contributed by atoms with Crippen LogP contribution in [0.2, 0.25) is 0 Å². The van der Waals surface area contributed by atoms with Crippen molar-refractivity contribution >= 4 is 32.2 Å². The van der Waals surface area contributed by atoms with E-state index in [2.05, 4.69) is 82.1 Å². The molecule has 1 aliphatic rings. The van der Waals surface area contributed by atoms with Crippen LogP contribution in [0.15, 0.2) is 35.8 Å². The molecule has 3 heterocycles. The third-order valence-electron chi connectivity index (χ3n) is 5.80. The molecule has 0 unspecified atom stereocenters. The number of thiophene rings is 1. The fraction of sp³-hybridized carbons (Fsp3) is 0.320. The van der Waals surface area contributed by atoms with Crippen LogP contribution in [0.4, 0.5) is 0 Å². The van der Waals surface area contributed by atoms with Crippen molar-refractivity contribution in [3.05, 3.63) is 52.5 Å². The fourth-order valence-corrected chi connectivity index (χ4v) is 5.60. The first kappa shape index (κ1) is 17.7. The van der Waals surface area contributed by atoms with E-state index in [1.165, 1.54) is 48.8 Å². The average Bonchev–Trinajstić information content (AvgIpc) is 3.10. The average molecular weight is 389 g/mol. The highest BCUT2D eigenvalue weighted by Crippen LogP contribution is 2.51. The molecule has 0 fully saturated rings. The number of hydrogen-bond donors (Lipinski definition) is 0. The first-order valence-corrected chi connectivity index (χ1v) is 10.8. The summed E-state index contributed by atoms with van der Waals surface area (Å²) in [7, 11) is 2.14. The van der Waals surface area contributed by atoms with Crippen LogP contribution in [-0.2, 0) is 13.5 Å². The lowest BCUT2D eigenvalue weighted by Gasteiger charge is -2.25. The molecule has 0 amide bonds. The lowest BCUT2D eigenvalue weighted by atomic mass is 9.86. The topological polar surface area (TPSA) is 13.1 Å². The van der Waals surface area contributed by atoms with Crippen LogP contribution in [0.5, 0.6) is 11.5 Å². The van der Waals surface area contributed by atoms with E-state index in [0.717, 1.165) is 17.9 Å². The summed E-state index contributed by atoms with van der Waals surface area (Å²) in [6.07, 6.45) is 3.22. The summed E-state index contributed by atoms with van der Waals surface area (Å²) in [6, 6.07) is 9.03. The van der Waals surface area contributed by atoms with Crippen molar-refractivity contribution in [1.29, 1.82) is 0 Å². The molecule has 0 atom stereocenters. The molecule has 2 aromatic carbocycles. The Hall–Kier alpha value is -2.39. The Morgan fingerprint density at radius 1 is 1.07 bits per heavy atom. The van der Waals surface area contributed by atoms with E-state index in [4.69, 9.17) is 4.74 Å². The molecule has 0 saturated heterocycles. The van der Waals surface area contributed by atoms with Crippen LogP contribution in [0.25, 0.3) is 32.1 Å². The minimum atomic E-state index is 0.241. The number of rotatable bonds is 1. The van der Waals surface area contributed by atoms with E-state index >= 15 is 0 Å². The molecule has 28 heavy (non-hydrogen) atoms. The van der Waals surface area contributed by atoms with Gasteiger partial charge >= 0.3 is 0 Å². The van der Waals surface area contributed by atoms with E-state index in [-0.39, 0.29) is 5.41 Å². The van der Waals surface area contributed by atoms with Crippen molar-refractivity contribution in [2.24, 2.45) is 12.5 Å². The van der Waals surface area contributed by atoms with E-state index in [0.29, 0.717) is 0 Å². The summed E-state index contributed by atoms with van der Waals surface area (Å²) in [5.74, 6) is 2.01. The van der Waals surface area contributed by atoms with Gasteiger partial charge in [-0.05, 0) is 65.1 Å². The zero-order valence-electron chi connectivity index (χ0n) is 17.4. The molecule has 0 radical (unpaired) electrons. The number of pyridine rings is 1. The van der Waals surface area contributed by atoms with Gasteiger partial charge in [-0.1, -0.05) is 26.8 Å². The number of ether oxygens (including phenoxy) is 1. The fourth-order valence-electron chi connectivity index (χ4n) is 4.63. The first-order valence-electron chi connectivity index (χ1n) is 9.88. The second kappa shape index (κ2) is 5.81. The molecule has 4 aromatic rings. The van der Waals surface area contributed by atoms with Gasteiger partial charge in [-0.15, -0.1) is 11.3 Å². The zero-order chi connectivity index (χ0) is 19.8. The Balaban J connectivity index is 1.88. The molecular formula is C25H26NOS+. The molecular weight excluding hydrogens is 362 g/mol. The van der Waals surface area contributed by atoms with Gasteiger partial charge in [0, 0.05) is 16.3 Å². The van der Waals surface area contributed by atoms with Crippen molar-refractivity contribution in [1.82, 2.24) is 0 Å². The van der Waals surface area contributed by atoms with Crippen LogP contribution < -0.4 is 9.30 Å². The number of hydrogen-bond acceptors (Lipinski definition) is 2. The largest absolute Gasteiger partial charge is 0.455 e. The Morgan fingerprint density at radius 3 is 2.61 bits per heavy atom. The van der Waals surface area contributed by atoms with E-state index in [1.807, 2.05) is 11.3 Å². The van der Waals surface area contributed by atoms with E-state index in [9.17, 15) is 0 Å². The van der Waals surface area contributed by atoms with Gasteiger partial charge in [0.15, 0.2) is 6.20 Å². The van der Waals surface area contributed by atoms with Gasteiger partial charge in [0.25, 0.3) is 0 Å². The van der Waals surface area contributed by atoms with Crippen LogP contribution in [-0.4, -0.2) is 0 Å². The van der Waals surface area contributed by atoms with Gasteiger partial charge in [0.2, 0.25) is 5.69 Å². The van der Waals surface area contributed by atoms with Crippen LogP contribution in [0.1, 0.15) is 37.5 Å². The van der Waals surface area contributed by atoms with Gasteiger partial charge in [0.05, 0.1) is 10.9 Å². The first-order chi connectivity index (χ1) is 13.2. The number of aromatic nitrogens is 1. The molecule has 0 saturated carbocycles. The molecule has 5 rings (SSSR count). The van der Waals surface area contributed by atoms with E-state index < -0.39 is 0 Å². The highest BCUT2D eigenvalue weighted by Gasteiger charge is 2.32. The molecule has 0 spiro atoms. The highest BCUT2D eigenvalue weighted by atomic mass is 32.1. The maximum Gasteiger partial charge on any atom is 0.228 e. The monoisotopic (exact) mass is 388 g/mol. The van der Waals surface area contributed by atoms with Gasteiger partial charge in [-0.3, -0.25) is 0 Å². The molecule has 1 aliphatic heterocycles. The van der Waals surface area contributed by atoms with Gasteiger partial charge < -0.3 is 4.74 Å². The summed E-state index contributed by atoms with van der Waals surface area (Å²) >= 11 is 1.82. The van der Waals surface area contributed by atoms with Crippen molar-refractivity contribution in [3.63, 3.8) is 0 Å². The Bertz CT molecular complexity index is 1270. The standard InChI is InChI=1S/C25H26NOS/c1-14-18-8-10-28-24(18)15(2)20-22-21-17(7-9-26(22)6)11-16(13-25(3,4)5)12-19(21)27-23(14)20/h7-12H,13H2,1-6H3/q+1. The molecule has 0 bridgehead atoms. The van der Waals surface area contributed by atoms with Crippen molar-refractivity contribution in [2.75, 3.05) is 0 Å². The second-order valence-corrected chi connectivity index (χ2v) is 10.2. The van der Waals surface area contributed by atoms with Crippen LogP contribution >= 0.6 is 11.3 Å². The number of aryl methyl sites for hydroxylation is 3. The predicted molar refractivity (Wildman–Crippen MR) is 119 cm³/mol. The zero-order valence-corrected chi connectivity index (χ0v) is 18.3. The lowest BCUT2D eigenvalue weighted by molar-refractivity contribution is -0.659. The molecule has 2 nitrogen and oxygen atoms in total. The molecule has 0 N–H and O–H groups in total. The maximum absolute atomic E-state index is 6.64. The smallest absolute Gasteiger partial charge is 0.228 e. The predicted octanol–water partition coefficient (Wildman–Crippen LogP) is 6.86. The highest BCUT2D eigenvalue weighted by molar-refractivity contribution is 7.17. The van der Waals surface area contributed by atoms with Crippen LogP contribution in [0, 0.1) is 19.3 Å². The normalized spacial score (nSPS) is 13.1. The number of benzene rings is 2. The van der Waals surface area contributed by atoms with Gasteiger partial charge in [0.1, 0.15) is 18.5 Å². The Labute approximate surface area is 170 Å². The number of nitrogens with zero attached hydrogens (tertiary/aromatic N) is 1. The van der Waals surface area contributed by atoms with Gasteiger partial charge in [-0.25, -0.2) is 4.57 Å². The van der Waals surface area contributed by atoms with Crippen molar-refractivity contribution in [2.45, 2.75) is 41.0 Å². The maximum atomic E-state index is 6.64.